The molecule has 0 amide bonds. The Kier molecular flexibility index (Phi) is 7.12. The summed E-state index contributed by atoms with van der Waals surface area (Å²) in [6, 6.07) is 8.77. The van der Waals surface area contributed by atoms with Crippen molar-refractivity contribution in [2.24, 2.45) is 11.8 Å². The highest BCUT2D eigenvalue weighted by Crippen LogP contribution is 2.49. The van der Waals surface area contributed by atoms with Crippen molar-refractivity contribution in [1.82, 2.24) is 4.72 Å². The molecule has 2 rings (SSSR count). The van der Waals surface area contributed by atoms with Gasteiger partial charge in [-0.15, -0.1) is 0 Å². The summed E-state index contributed by atoms with van der Waals surface area (Å²) >= 11 is 0. The molecule has 3 atom stereocenters. The van der Waals surface area contributed by atoms with Crippen molar-refractivity contribution in [3.05, 3.63) is 35.4 Å². The van der Waals surface area contributed by atoms with Gasteiger partial charge in [-0.05, 0) is 63.1 Å². The van der Waals surface area contributed by atoms with Crippen LogP contribution in [0.2, 0.25) is 0 Å². The van der Waals surface area contributed by atoms with Gasteiger partial charge in [-0.2, -0.15) is 5.26 Å². The molecule has 0 bridgehead atoms. The Hall–Kier alpha value is -1.36. The molecule has 1 fully saturated rings. The van der Waals surface area contributed by atoms with E-state index in [4.69, 9.17) is 5.26 Å². The van der Waals surface area contributed by atoms with E-state index < -0.39 is 21.7 Å². The van der Waals surface area contributed by atoms with E-state index in [1.54, 1.807) is 12.1 Å². The third kappa shape index (κ3) is 6.06. The molecule has 1 unspecified atom stereocenters. The fraction of sp³-hybridized carbons (Fsp3) is 0.650. The predicted octanol–water partition coefficient (Wildman–Crippen LogP) is 4.09. The lowest BCUT2D eigenvalue weighted by molar-refractivity contribution is -0.129. The maximum Gasteiger partial charge on any atom is 0.248 e. The van der Waals surface area contributed by atoms with Crippen LogP contribution >= 0.6 is 0 Å². The minimum absolute atomic E-state index is 0.0603. The van der Waals surface area contributed by atoms with Crippen LogP contribution in [0.3, 0.4) is 0 Å². The first-order valence-electron chi connectivity index (χ1n) is 9.22. The number of aliphatic hydroxyl groups excluding tert-OH is 1. The Balaban J connectivity index is 2.21. The number of nitrogens with one attached hydrogen (secondary N) is 1. The van der Waals surface area contributed by atoms with Crippen LogP contribution in [0.25, 0.3) is 0 Å². The zero-order valence-electron chi connectivity index (χ0n) is 16.0. The lowest BCUT2D eigenvalue weighted by Gasteiger charge is -2.41. The largest absolute Gasteiger partial charge is 0.396 e. The molecule has 1 saturated carbocycles. The molecule has 7 heteroatoms. The highest BCUT2D eigenvalue weighted by molar-refractivity contribution is 7.84. The van der Waals surface area contributed by atoms with Crippen LogP contribution < -0.4 is 4.72 Å². The normalized spacial score (nSPS) is 20.3. The maximum atomic E-state index is 13.3. The Labute approximate surface area is 162 Å². The highest BCUT2D eigenvalue weighted by atomic mass is 32.2. The molecule has 1 aliphatic rings. The molecule has 1 aromatic carbocycles. The van der Waals surface area contributed by atoms with E-state index in [9.17, 15) is 18.1 Å². The van der Waals surface area contributed by atoms with E-state index in [1.165, 1.54) is 0 Å². The van der Waals surface area contributed by atoms with E-state index in [-0.39, 0.29) is 37.3 Å². The second kappa shape index (κ2) is 8.76. The maximum absolute atomic E-state index is 13.3. The lowest BCUT2D eigenvalue weighted by atomic mass is 9.69. The predicted molar refractivity (Wildman–Crippen MR) is 102 cm³/mol. The highest BCUT2D eigenvalue weighted by Gasteiger charge is 2.48. The standard InChI is InChI=1S/C20H28F2N2O2S/c1-19(2,3)27(26)24-18(15-6-4-14(13-23)5-7-15)10-16(8-9-25)17-11-20(21,22)12-17/h4-7,16-18,24-25H,8-12H2,1-3H3/t16-,18-,27?/m0/s1. The van der Waals surface area contributed by atoms with Crippen LogP contribution in [0.5, 0.6) is 0 Å². The third-order valence-electron chi connectivity index (χ3n) is 5.07. The minimum atomic E-state index is -2.61. The molecule has 0 aromatic heterocycles. The lowest BCUT2D eigenvalue weighted by Crippen LogP contribution is -2.42. The average Bonchev–Trinajstić information content (AvgIpc) is 2.57. The fourth-order valence-electron chi connectivity index (χ4n) is 3.40. The van der Waals surface area contributed by atoms with Crippen molar-refractivity contribution in [1.29, 1.82) is 5.26 Å². The molecular formula is C20H28F2N2O2S. The van der Waals surface area contributed by atoms with Crippen LogP contribution in [0.15, 0.2) is 24.3 Å². The van der Waals surface area contributed by atoms with Crippen LogP contribution in [0.1, 0.15) is 63.6 Å². The van der Waals surface area contributed by atoms with Crippen LogP contribution in [-0.2, 0) is 11.0 Å². The summed E-state index contributed by atoms with van der Waals surface area (Å²) in [5.74, 6) is -2.83. The van der Waals surface area contributed by atoms with Gasteiger partial charge in [-0.25, -0.2) is 17.7 Å². The van der Waals surface area contributed by atoms with Crippen molar-refractivity contribution in [2.75, 3.05) is 6.61 Å². The molecular weight excluding hydrogens is 370 g/mol. The number of hydrogen-bond acceptors (Lipinski definition) is 3. The molecule has 0 radical (unpaired) electrons. The van der Waals surface area contributed by atoms with Crippen molar-refractivity contribution in [3.63, 3.8) is 0 Å². The number of nitrogens with zero attached hydrogens (tertiary/aromatic N) is 1. The monoisotopic (exact) mass is 398 g/mol. The average molecular weight is 399 g/mol. The van der Waals surface area contributed by atoms with Crippen molar-refractivity contribution >= 4 is 11.0 Å². The molecule has 0 heterocycles. The second-order valence-corrected chi connectivity index (χ2v) is 10.3. The van der Waals surface area contributed by atoms with Crippen molar-refractivity contribution in [3.8, 4) is 6.07 Å². The van der Waals surface area contributed by atoms with Gasteiger partial charge in [0.25, 0.3) is 0 Å². The van der Waals surface area contributed by atoms with Gasteiger partial charge in [0.05, 0.1) is 27.4 Å². The smallest absolute Gasteiger partial charge is 0.248 e. The van der Waals surface area contributed by atoms with Crippen LogP contribution in [-0.4, -0.2) is 26.6 Å². The van der Waals surface area contributed by atoms with Gasteiger partial charge in [-0.1, -0.05) is 12.1 Å². The summed E-state index contributed by atoms with van der Waals surface area (Å²) in [4.78, 5) is 0. The minimum Gasteiger partial charge on any atom is -0.396 e. The number of alkyl halides is 2. The van der Waals surface area contributed by atoms with Gasteiger partial charge < -0.3 is 5.11 Å². The summed E-state index contributed by atoms with van der Waals surface area (Å²) < 4.78 is 42.0. The summed E-state index contributed by atoms with van der Waals surface area (Å²) in [5, 5.41) is 18.4. The van der Waals surface area contributed by atoms with Crippen LogP contribution in [0.4, 0.5) is 8.78 Å². The zero-order valence-corrected chi connectivity index (χ0v) is 16.9. The van der Waals surface area contributed by atoms with Crippen molar-refractivity contribution < 1.29 is 18.1 Å². The number of benzene rings is 1. The first kappa shape index (κ1) is 21.9. The molecule has 1 aliphatic carbocycles. The number of nitriles is 1. The van der Waals surface area contributed by atoms with E-state index in [1.807, 2.05) is 32.9 Å². The molecule has 2 N–H and O–H groups in total. The molecule has 1 aromatic rings. The quantitative estimate of drug-likeness (QED) is 0.693. The van der Waals surface area contributed by atoms with Gasteiger partial charge in [-0.3, -0.25) is 0 Å². The first-order chi connectivity index (χ1) is 12.6. The van der Waals surface area contributed by atoms with Gasteiger partial charge in [0.1, 0.15) is 0 Å². The Morgan fingerprint density at radius 1 is 1.33 bits per heavy atom. The summed E-state index contributed by atoms with van der Waals surface area (Å²) in [7, 11) is -1.33. The SMILES string of the molecule is CC(C)(C)S(=O)N[C@@H](C[C@H](CCO)C1CC(F)(F)C1)c1ccc(C#N)cc1. The van der Waals surface area contributed by atoms with E-state index in [0.29, 0.717) is 18.4 Å². The summed E-state index contributed by atoms with van der Waals surface area (Å²) in [6.07, 6.45) is 0.645. The first-order valence-corrected chi connectivity index (χ1v) is 10.4. The Bertz CT molecular complexity index is 687. The van der Waals surface area contributed by atoms with Gasteiger partial charge in [0.15, 0.2) is 0 Å². The molecule has 0 spiro atoms. The molecule has 4 nitrogen and oxygen atoms in total. The molecule has 0 aliphatic heterocycles. The number of halogens is 2. The molecule has 0 saturated heterocycles. The van der Waals surface area contributed by atoms with Crippen LogP contribution in [0, 0.1) is 23.2 Å². The fourth-order valence-corrected chi connectivity index (χ4v) is 4.25. The van der Waals surface area contributed by atoms with E-state index in [2.05, 4.69) is 10.8 Å². The zero-order chi connectivity index (χ0) is 20.2. The second-order valence-electron chi connectivity index (χ2n) is 8.32. The number of hydrogen-bond donors (Lipinski definition) is 2. The van der Waals surface area contributed by atoms with Gasteiger partial charge in [0, 0.05) is 25.5 Å². The Morgan fingerprint density at radius 3 is 2.37 bits per heavy atom. The van der Waals surface area contributed by atoms with Gasteiger partial charge >= 0.3 is 0 Å². The van der Waals surface area contributed by atoms with Crippen molar-refractivity contribution in [2.45, 2.75) is 63.2 Å². The van der Waals surface area contributed by atoms with E-state index in [0.717, 1.165) is 5.56 Å². The Morgan fingerprint density at radius 2 is 1.93 bits per heavy atom. The van der Waals surface area contributed by atoms with E-state index >= 15 is 0 Å². The number of aliphatic hydroxyl groups is 1. The third-order valence-corrected chi connectivity index (χ3v) is 6.69. The number of rotatable bonds is 8. The summed E-state index contributed by atoms with van der Waals surface area (Å²) in [5.41, 5.74) is 1.39. The topological polar surface area (TPSA) is 73.1 Å². The van der Waals surface area contributed by atoms with Gasteiger partial charge in [0.2, 0.25) is 5.92 Å². The molecule has 150 valence electrons. The molecule has 27 heavy (non-hydrogen) atoms. The summed E-state index contributed by atoms with van der Waals surface area (Å²) in [6.45, 7) is 5.53.